The fraction of sp³-hybridized carbons (Fsp3) is 0.118. The summed E-state index contributed by atoms with van der Waals surface area (Å²) in [6.45, 7) is 0. The number of fused-ring (bicyclic) bond motifs is 1. The standard InChI is InChI=1S/C17H16N2O2/c1-18-12-6-8-13(9-7-12)21-17-15-4-3-5-16(20-2)14(15)10-11-19-17/h3-11,18H,1-2H3. The summed E-state index contributed by atoms with van der Waals surface area (Å²) in [5.41, 5.74) is 1.04. The number of aromatic nitrogens is 1. The number of pyridine rings is 1. The molecule has 1 heterocycles. The molecule has 0 bridgehead atoms. The molecule has 3 rings (SSSR count). The quantitative estimate of drug-likeness (QED) is 0.782. The average Bonchev–Trinajstić information content (AvgIpc) is 2.55. The first-order chi connectivity index (χ1) is 10.3. The molecule has 21 heavy (non-hydrogen) atoms. The third kappa shape index (κ3) is 2.60. The number of hydrogen-bond acceptors (Lipinski definition) is 4. The highest BCUT2D eigenvalue weighted by molar-refractivity contribution is 5.91. The van der Waals surface area contributed by atoms with E-state index in [4.69, 9.17) is 9.47 Å². The SMILES string of the molecule is CNc1ccc(Oc2nccc3c(OC)cccc23)cc1. The van der Waals surface area contributed by atoms with Gasteiger partial charge in [0.25, 0.3) is 0 Å². The molecule has 0 unspecified atom stereocenters. The van der Waals surface area contributed by atoms with Crippen LogP contribution in [-0.4, -0.2) is 19.1 Å². The first kappa shape index (κ1) is 13.2. The van der Waals surface area contributed by atoms with Crippen LogP contribution in [0.2, 0.25) is 0 Å². The molecule has 0 fully saturated rings. The monoisotopic (exact) mass is 280 g/mol. The minimum Gasteiger partial charge on any atom is -0.496 e. The van der Waals surface area contributed by atoms with Crippen molar-refractivity contribution in [2.24, 2.45) is 0 Å². The van der Waals surface area contributed by atoms with E-state index in [0.29, 0.717) is 5.88 Å². The molecule has 4 heteroatoms. The minimum atomic E-state index is 0.573. The number of ether oxygens (including phenoxy) is 2. The lowest BCUT2D eigenvalue weighted by Crippen LogP contribution is -1.92. The maximum absolute atomic E-state index is 5.90. The van der Waals surface area contributed by atoms with Gasteiger partial charge >= 0.3 is 0 Å². The molecule has 3 aromatic rings. The van der Waals surface area contributed by atoms with Crippen molar-refractivity contribution in [3.63, 3.8) is 0 Å². The van der Waals surface area contributed by atoms with E-state index < -0.39 is 0 Å². The molecule has 0 atom stereocenters. The molecule has 0 amide bonds. The van der Waals surface area contributed by atoms with Crippen LogP contribution in [0, 0.1) is 0 Å². The Balaban J connectivity index is 2.00. The van der Waals surface area contributed by atoms with E-state index >= 15 is 0 Å². The number of hydrogen-bond donors (Lipinski definition) is 1. The maximum atomic E-state index is 5.90. The highest BCUT2D eigenvalue weighted by Gasteiger charge is 2.08. The molecule has 106 valence electrons. The van der Waals surface area contributed by atoms with Gasteiger partial charge in [0.15, 0.2) is 0 Å². The third-order valence-electron chi connectivity index (χ3n) is 3.31. The van der Waals surface area contributed by atoms with Crippen LogP contribution in [0.15, 0.2) is 54.7 Å². The lowest BCUT2D eigenvalue weighted by molar-refractivity contribution is 0.419. The molecule has 0 aliphatic rings. The van der Waals surface area contributed by atoms with E-state index in [1.54, 1.807) is 13.3 Å². The van der Waals surface area contributed by atoms with Crippen LogP contribution in [0.25, 0.3) is 10.8 Å². The summed E-state index contributed by atoms with van der Waals surface area (Å²) in [5, 5.41) is 4.98. The Kier molecular flexibility index (Phi) is 3.60. The second-order valence-corrected chi connectivity index (χ2v) is 4.55. The minimum absolute atomic E-state index is 0.573. The van der Waals surface area contributed by atoms with Crippen LogP contribution in [0.3, 0.4) is 0 Å². The molecular weight excluding hydrogens is 264 g/mol. The lowest BCUT2D eigenvalue weighted by atomic mass is 10.1. The van der Waals surface area contributed by atoms with Gasteiger partial charge < -0.3 is 14.8 Å². The van der Waals surface area contributed by atoms with Gasteiger partial charge in [0.05, 0.1) is 7.11 Å². The highest BCUT2D eigenvalue weighted by atomic mass is 16.5. The first-order valence-corrected chi connectivity index (χ1v) is 6.69. The fourth-order valence-electron chi connectivity index (χ4n) is 2.21. The van der Waals surface area contributed by atoms with Crippen LogP contribution in [0.5, 0.6) is 17.4 Å². The Morgan fingerprint density at radius 1 is 0.952 bits per heavy atom. The van der Waals surface area contributed by atoms with Crippen molar-refractivity contribution in [3.8, 4) is 17.4 Å². The number of benzene rings is 2. The van der Waals surface area contributed by atoms with Gasteiger partial charge in [0.1, 0.15) is 11.5 Å². The number of nitrogens with zero attached hydrogens (tertiary/aromatic N) is 1. The van der Waals surface area contributed by atoms with E-state index in [2.05, 4.69) is 10.3 Å². The first-order valence-electron chi connectivity index (χ1n) is 6.69. The van der Waals surface area contributed by atoms with Crippen molar-refractivity contribution in [2.75, 3.05) is 19.5 Å². The largest absolute Gasteiger partial charge is 0.496 e. The van der Waals surface area contributed by atoms with E-state index in [1.165, 1.54) is 0 Å². The molecule has 1 N–H and O–H groups in total. The van der Waals surface area contributed by atoms with Crippen LogP contribution >= 0.6 is 0 Å². The van der Waals surface area contributed by atoms with Crippen LogP contribution in [0.1, 0.15) is 0 Å². The molecule has 0 aliphatic heterocycles. The molecular formula is C17H16N2O2. The second-order valence-electron chi connectivity index (χ2n) is 4.55. The van der Waals surface area contributed by atoms with Gasteiger partial charge in [-0.3, -0.25) is 0 Å². The predicted octanol–water partition coefficient (Wildman–Crippen LogP) is 4.08. The molecule has 0 spiro atoms. The fourth-order valence-corrected chi connectivity index (χ4v) is 2.21. The number of anilines is 1. The van der Waals surface area contributed by atoms with Crippen LogP contribution in [-0.2, 0) is 0 Å². The van der Waals surface area contributed by atoms with Gasteiger partial charge in [0.2, 0.25) is 5.88 Å². The summed E-state index contributed by atoms with van der Waals surface area (Å²) in [6, 6.07) is 15.5. The average molecular weight is 280 g/mol. The Bertz CT molecular complexity index is 754. The number of methoxy groups -OCH3 is 1. The Labute approximate surface area is 123 Å². The summed E-state index contributed by atoms with van der Waals surface area (Å²) < 4.78 is 11.3. The number of nitrogens with one attached hydrogen (secondary N) is 1. The zero-order valence-corrected chi connectivity index (χ0v) is 12.0. The molecule has 0 saturated heterocycles. The van der Waals surface area contributed by atoms with Gasteiger partial charge in [-0.15, -0.1) is 0 Å². The Morgan fingerprint density at radius 3 is 2.48 bits per heavy atom. The van der Waals surface area contributed by atoms with E-state index in [1.807, 2.05) is 55.6 Å². The summed E-state index contributed by atoms with van der Waals surface area (Å²) in [4.78, 5) is 4.33. The zero-order valence-electron chi connectivity index (χ0n) is 12.0. The zero-order chi connectivity index (χ0) is 14.7. The van der Waals surface area contributed by atoms with Crippen LogP contribution in [0.4, 0.5) is 5.69 Å². The van der Waals surface area contributed by atoms with Gasteiger partial charge in [0, 0.05) is 29.7 Å². The molecule has 1 aromatic heterocycles. The van der Waals surface area contributed by atoms with Crippen molar-refractivity contribution < 1.29 is 9.47 Å². The smallest absolute Gasteiger partial charge is 0.227 e. The van der Waals surface area contributed by atoms with Gasteiger partial charge in [-0.2, -0.15) is 0 Å². The van der Waals surface area contributed by atoms with E-state index in [9.17, 15) is 0 Å². The van der Waals surface area contributed by atoms with Gasteiger partial charge in [-0.1, -0.05) is 6.07 Å². The molecule has 0 radical (unpaired) electrons. The molecule has 4 nitrogen and oxygen atoms in total. The topological polar surface area (TPSA) is 43.4 Å². The highest BCUT2D eigenvalue weighted by Crippen LogP contribution is 2.32. The van der Waals surface area contributed by atoms with Crippen molar-refractivity contribution in [3.05, 3.63) is 54.7 Å². The summed E-state index contributed by atoms with van der Waals surface area (Å²) in [6.07, 6.45) is 1.72. The summed E-state index contributed by atoms with van der Waals surface area (Å²) in [7, 11) is 3.54. The predicted molar refractivity (Wildman–Crippen MR) is 84.4 cm³/mol. The van der Waals surface area contributed by atoms with Crippen LogP contribution < -0.4 is 14.8 Å². The Morgan fingerprint density at radius 2 is 1.76 bits per heavy atom. The van der Waals surface area contributed by atoms with Crippen molar-refractivity contribution in [1.82, 2.24) is 4.98 Å². The summed E-state index contributed by atoms with van der Waals surface area (Å²) >= 11 is 0. The van der Waals surface area contributed by atoms with E-state index in [-0.39, 0.29) is 0 Å². The molecule has 0 aliphatic carbocycles. The molecule has 2 aromatic carbocycles. The van der Waals surface area contributed by atoms with Gasteiger partial charge in [-0.25, -0.2) is 4.98 Å². The lowest BCUT2D eigenvalue weighted by Gasteiger charge is -2.10. The third-order valence-corrected chi connectivity index (χ3v) is 3.31. The van der Waals surface area contributed by atoms with Gasteiger partial charge in [-0.05, 0) is 42.5 Å². The Hall–Kier alpha value is -2.75. The van der Waals surface area contributed by atoms with Crippen molar-refractivity contribution in [2.45, 2.75) is 0 Å². The van der Waals surface area contributed by atoms with E-state index in [0.717, 1.165) is 28.0 Å². The molecule has 0 saturated carbocycles. The summed E-state index contributed by atoms with van der Waals surface area (Å²) in [5.74, 6) is 2.13. The van der Waals surface area contributed by atoms with Crippen molar-refractivity contribution >= 4 is 16.5 Å². The van der Waals surface area contributed by atoms with Crippen molar-refractivity contribution in [1.29, 1.82) is 0 Å². The maximum Gasteiger partial charge on any atom is 0.227 e. The normalized spacial score (nSPS) is 10.4. The number of rotatable bonds is 4. The second kappa shape index (κ2) is 5.71.